The van der Waals surface area contributed by atoms with E-state index in [4.69, 9.17) is 9.47 Å². The smallest absolute Gasteiger partial charge is 0.216 e. The zero-order valence-electron chi connectivity index (χ0n) is 11.5. The van der Waals surface area contributed by atoms with Gasteiger partial charge in [0.25, 0.3) is 0 Å². The second kappa shape index (κ2) is 4.98. The molecule has 0 aromatic carbocycles. The molecule has 3 aliphatic rings. The average Bonchev–Trinajstić information content (AvgIpc) is 3.17. The molecule has 0 radical (unpaired) electrons. The molecule has 6 heteroatoms. The van der Waals surface area contributed by atoms with Gasteiger partial charge in [0.15, 0.2) is 0 Å². The molecule has 1 spiro atoms. The van der Waals surface area contributed by atoms with E-state index in [1.54, 1.807) is 4.31 Å². The molecule has 2 aliphatic heterocycles. The largest absolute Gasteiger partial charge is 0.376 e. The quantitative estimate of drug-likeness (QED) is 0.779. The second-order valence-corrected chi connectivity index (χ2v) is 8.13. The molecule has 0 amide bonds. The predicted molar refractivity (Wildman–Crippen MR) is 71.5 cm³/mol. The van der Waals surface area contributed by atoms with Crippen LogP contribution in [0.3, 0.4) is 0 Å². The molecule has 110 valence electrons. The number of sulfonamides is 1. The van der Waals surface area contributed by atoms with Crippen LogP contribution in [-0.4, -0.2) is 56.0 Å². The van der Waals surface area contributed by atoms with E-state index in [0.29, 0.717) is 26.3 Å². The van der Waals surface area contributed by atoms with Gasteiger partial charge in [0.1, 0.15) is 0 Å². The van der Waals surface area contributed by atoms with Gasteiger partial charge in [0.2, 0.25) is 10.0 Å². The number of ether oxygens (including phenoxy) is 2. The molecule has 19 heavy (non-hydrogen) atoms. The maximum Gasteiger partial charge on any atom is 0.216 e. The van der Waals surface area contributed by atoms with Gasteiger partial charge in [-0.25, -0.2) is 12.7 Å². The molecule has 1 unspecified atom stereocenters. The first kappa shape index (κ1) is 13.8. The fraction of sp³-hybridized carbons (Fsp3) is 1.00. The average molecular weight is 289 g/mol. The van der Waals surface area contributed by atoms with Crippen LogP contribution in [0.5, 0.6) is 0 Å². The predicted octanol–water partition coefficient (Wildman–Crippen LogP) is 1.14. The van der Waals surface area contributed by atoms with Crippen LogP contribution in [-0.2, 0) is 19.5 Å². The van der Waals surface area contributed by atoms with E-state index < -0.39 is 10.0 Å². The third-order valence-electron chi connectivity index (χ3n) is 4.52. The van der Waals surface area contributed by atoms with E-state index in [0.717, 1.165) is 32.1 Å². The minimum absolute atomic E-state index is 0.0952. The Bertz CT molecular complexity index is 424. The van der Waals surface area contributed by atoms with Gasteiger partial charge < -0.3 is 9.47 Å². The minimum Gasteiger partial charge on any atom is -0.376 e. The van der Waals surface area contributed by atoms with E-state index in [9.17, 15) is 8.42 Å². The highest BCUT2D eigenvalue weighted by Crippen LogP contribution is 2.39. The highest BCUT2D eigenvalue weighted by Gasteiger charge is 2.47. The van der Waals surface area contributed by atoms with Crippen molar-refractivity contribution in [1.82, 2.24) is 4.31 Å². The summed E-state index contributed by atoms with van der Waals surface area (Å²) in [6.45, 7) is 4.58. The molecule has 0 aromatic rings. The Morgan fingerprint density at radius 3 is 2.58 bits per heavy atom. The van der Waals surface area contributed by atoms with E-state index >= 15 is 0 Å². The lowest BCUT2D eigenvalue weighted by atomic mass is 9.89. The molecule has 2 heterocycles. The molecule has 0 bridgehead atoms. The molecule has 1 saturated carbocycles. The topological polar surface area (TPSA) is 55.8 Å². The fourth-order valence-corrected chi connectivity index (χ4v) is 5.06. The first-order valence-corrected chi connectivity index (χ1v) is 8.81. The monoisotopic (exact) mass is 289 g/mol. The summed E-state index contributed by atoms with van der Waals surface area (Å²) in [6, 6.07) is 0. The molecule has 1 aliphatic carbocycles. The number of nitrogens with zero attached hydrogens (tertiary/aromatic N) is 1. The fourth-order valence-electron chi connectivity index (χ4n) is 3.22. The third kappa shape index (κ3) is 2.68. The first-order chi connectivity index (χ1) is 9.06. The van der Waals surface area contributed by atoms with Gasteiger partial charge in [-0.2, -0.15) is 0 Å². The van der Waals surface area contributed by atoms with E-state index in [1.807, 2.05) is 6.92 Å². The Hall–Kier alpha value is -0.170. The Kier molecular flexibility index (Phi) is 3.62. The SMILES string of the molecule is CCOC1COC2(CCN(S(=O)(=O)C3CC3)CC2)C1. The maximum absolute atomic E-state index is 12.2. The van der Waals surface area contributed by atoms with Crippen molar-refractivity contribution < 1.29 is 17.9 Å². The molecule has 3 fully saturated rings. The number of rotatable bonds is 4. The Labute approximate surface area is 115 Å². The van der Waals surface area contributed by atoms with Crippen molar-refractivity contribution in [2.24, 2.45) is 0 Å². The van der Waals surface area contributed by atoms with E-state index in [-0.39, 0.29) is 17.0 Å². The molecule has 0 N–H and O–H groups in total. The van der Waals surface area contributed by atoms with Gasteiger partial charge in [0.05, 0.1) is 23.6 Å². The summed E-state index contributed by atoms with van der Waals surface area (Å²) >= 11 is 0. The Morgan fingerprint density at radius 1 is 1.32 bits per heavy atom. The van der Waals surface area contributed by atoms with Gasteiger partial charge in [0, 0.05) is 26.1 Å². The van der Waals surface area contributed by atoms with Crippen molar-refractivity contribution >= 4 is 10.0 Å². The van der Waals surface area contributed by atoms with Crippen molar-refractivity contribution in [3.05, 3.63) is 0 Å². The molecular formula is C13H23NO4S. The van der Waals surface area contributed by atoms with Crippen LogP contribution in [0.25, 0.3) is 0 Å². The molecule has 2 saturated heterocycles. The van der Waals surface area contributed by atoms with Gasteiger partial charge in [-0.3, -0.25) is 0 Å². The van der Waals surface area contributed by atoms with Gasteiger partial charge in [-0.05, 0) is 32.6 Å². The normalized spacial score (nSPS) is 31.9. The number of hydrogen-bond donors (Lipinski definition) is 0. The molecule has 0 aromatic heterocycles. The molecule has 5 nitrogen and oxygen atoms in total. The highest BCUT2D eigenvalue weighted by atomic mass is 32.2. The Balaban J connectivity index is 1.58. The summed E-state index contributed by atoms with van der Waals surface area (Å²) in [6.07, 6.45) is 4.40. The van der Waals surface area contributed by atoms with Crippen LogP contribution in [0.2, 0.25) is 0 Å². The maximum atomic E-state index is 12.2. The lowest BCUT2D eigenvalue weighted by Crippen LogP contribution is -2.47. The summed E-state index contributed by atoms with van der Waals surface area (Å²) in [5.74, 6) is 0. The minimum atomic E-state index is -3.01. The van der Waals surface area contributed by atoms with Crippen molar-refractivity contribution in [2.75, 3.05) is 26.3 Å². The second-order valence-electron chi connectivity index (χ2n) is 5.92. The van der Waals surface area contributed by atoms with Crippen LogP contribution in [0.15, 0.2) is 0 Å². The molecule has 1 atom stereocenters. The summed E-state index contributed by atoms with van der Waals surface area (Å²) in [7, 11) is -3.01. The van der Waals surface area contributed by atoms with E-state index in [2.05, 4.69) is 0 Å². The Morgan fingerprint density at radius 2 is 2.00 bits per heavy atom. The van der Waals surface area contributed by atoms with Crippen molar-refractivity contribution in [1.29, 1.82) is 0 Å². The summed E-state index contributed by atoms with van der Waals surface area (Å²) in [4.78, 5) is 0. The number of hydrogen-bond acceptors (Lipinski definition) is 4. The lowest BCUT2D eigenvalue weighted by molar-refractivity contribution is -0.0336. The van der Waals surface area contributed by atoms with Crippen LogP contribution < -0.4 is 0 Å². The highest BCUT2D eigenvalue weighted by molar-refractivity contribution is 7.90. The standard InChI is InChI=1S/C13H23NO4S/c1-2-17-11-9-13(18-10-11)5-7-14(8-6-13)19(15,16)12-3-4-12/h11-12H,2-10H2,1H3. The van der Waals surface area contributed by atoms with Crippen molar-refractivity contribution in [2.45, 2.75) is 56.0 Å². The molecular weight excluding hydrogens is 266 g/mol. The zero-order valence-corrected chi connectivity index (χ0v) is 12.3. The van der Waals surface area contributed by atoms with Crippen LogP contribution in [0.4, 0.5) is 0 Å². The van der Waals surface area contributed by atoms with Gasteiger partial charge in [-0.15, -0.1) is 0 Å². The van der Waals surface area contributed by atoms with Crippen LogP contribution in [0.1, 0.15) is 39.0 Å². The number of piperidine rings is 1. The third-order valence-corrected chi connectivity index (χ3v) is 6.92. The summed E-state index contributed by atoms with van der Waals surface area (Å²) in [5, 5.41) is -0.0952. The van der Waals surface area contributed by atoms with Crippen LogP contribution in [0, 0.1) is 0 Å². The van der Waals surface area contributed by atoms with E-state index in [1.165, 1.54) is 0 Å². The van der Waals surface area contributed by atoms with Crippen molar-refractivity contribution in [3.63, 3.8) is 0 Å². The first-order valence-electron chi connectivity index (χ1n) is 7.30. The zero-order chi connectivity index (χ0) is 13.5. The lowest BCUT2D eigenvalue weighted by Gasteiger charge is -2.38. The van der Waals surface area contributed by atoms with Gasteiger partial charge in [-0.1, -0.05) is 0 Å². The van der Waals surface area contributed by atoms with Gasteiger partial charge >= 0.3 is 0 Å². The molecule has 3 rings (SSSR count). The summed E-state index contributed by atoms with van der Waals surface area (Å²) in [5.41, 5.74) is -0.130. The summed E-state index contributed by atoms with van der Waals surface area (Å²) < 4.78 is 37.6. The van der Waals surface area contributed by atoms with Crippen LogP contribution >= 0.6 is 0 Å². The van der Waals surface area contributed by atoms with Crippen molar-refractivity contribution in [3.8, 4) is 0 Å².